The van der Waals surface area contributed by atoms with Gasteiger partial charge in [-0.2, -0.15) is 0 Å². The molecule has 3 aromatic carbocycles. The summed E-state index contributed by atoms with van der Waals surface area (Å²) in [6.45, 7) is 0.846. The van der Waals surface area contributed by atoms with Crippen LogP contribution in [0.25, 0.3) is 10.8 Å². The van der Waals surface area contributed by atoms with Gasteiger partial charge in [0.25, 0.3) is 0 Å². The summed E-state index contributed by atoms with van der Waals surface area (Å²) in [4.78, 5) is 15.0. The van der Waals surface area contributed by atoms with Crippen molar-refractivity contribution in [2.45, 2.75) is 18.4 Å². The molecule has 0 radical (unpaired) electrons. The monoisotopic (exact) mass is 345 g/mol. The molecule has 132 valence electrons. The lowest BCUT2D eigenvalue weighted by Crippen LogP contribution is -2.41. The number of hydrogen-bond donors (Lipinski definition) is 0. The first-order valence-electron chi connectivity index (χ1n) is 9.03. The van der Waals surface area contributed by atoms with Gasteiger partial charge in [-0.15, -0.1) is 0 Å². The number of cyclic esters (lactones) is 1. The molecule has 1 aliphatic rings. The summed E-state index contributed by atoms with van der Waals surface area (Å²) in [5.74, 6) is -0.224. The van der Waals surface area contributed by atoms with E-state index in [0.29, 0.717) is 12.0 Å². The lowest BCUT2D eigenvalue weighted by atomic mass is 9.79. The molecule has 0 bridgehead atoms. The number of ether oxygens (including phenoxy) is 1. The maximum Gasteiger partial charge on any atom is 0.339 e. The van der Waals surface area contributed by atoms with Crippen LogP contribution in [0.1, 0.15) is 27.9 Å². The van der Waals surface area contributed by atoms with Gasteiger partial charge < -0.3 is 9.64 Å². The van der Waals surface area contributed by atoms with Crippen molar-refractivity contribution >= 4 is 16.7 Å². The van der Waals surface area contributed by atoms with Crippen LogP contribution in [0.2, 0.25) is 0 Å². The molecular formula is C23H23NO2. The Balaban J connectivity index is 1.89. The minimum Gasteiger partial charge on any atom is -0.450 e. The molecular weight excluding hydrogens is 322 g/mol. The van der Waals surface area contributed by atoms with Crippen LogP contribution >= 0.6 is 0 Å². The summed E-state index contributed by atoms with van der Waals surface area (Å²) in [5.41, 5.74) is 2.21. The number of rotatable bonds is 4. The molecule has 0 amide bonds. The first-order valence-corrected chi connectivity index (χ1v) is 9.03. The predicted molar refractivity (Wildman–Crippen MR) is 104 cm³/mol. The van der Waals surface area contributed by atoms with Crippen LogP contribution in [0.3, 0.4) is 0 Å². The van der Waals surface area contributed by atoms with E-state index in [4.69, 9.17) is 4.74 Å². The fourth-order valence-corrected chi connectivity index (χ4v) is 3.90. The van der Waals surface area contributed by atoms with Gasteiger partial charge in [-0.05, 0) is 36.5 Å². The Morgan fingerprint density at radius 1 is 0.962 bits per heavy atom. The van der Waals surface area contributed by atoms with E-state index in [1.807, 2.05) is 36.4 Å². The molecule has 0 fully saturated rings. The molecule has 0 aliphatic carbocycles. The van der Waals surface area contributed by atoms with E-state index in [1.54, 1.807) is 0 Å². The van der Waals surface area contributed by atoms with E-state index in [9.17, 15) is 4.79 Å². The Hall–Kier alpha value is -2.65. The molecule has 26 heavy (non-hydrogen) atoms. The molecule has 0 N–H and O–H groups in total. The molecule has 0 spiro atoms. The highest BCUT2D eigenvalue weighted by Crippen LogP contribution is 2.42. The van der Waals surface area contributed by atoms with Gasteiger partial charge >= 0.3 is 5.97 Å². The second-order valence-electron chi connectivity index (χ2n) is 7.30. The zero-order valence-corrected chi connectivity index (χ0v) is 15.2. The maximum absolute atomic E-state index is 12.8. The Morgan fingerprint density at radius 3 is 2.54 bits per heavy atom. The van der Waals surface area contributed by atoms with E-state index < -0.39 is 5.60 Å². The summed E-state index contributed by atoms with van der Waals surface area (Å²) in [6, 6.07) is 22.4. The summed E-state index contributed by atoms with van der Waals surface area (Å²) in [7, 11) is 4.10. The zero-order valence-electron chi connectivity index (χ0n) is 15.2. The average Bonchev–Trinajstić information content (AvgIpc) is 2.66. The topological polar surface area (TPSA) is 29.5 Å². The van der Waals surface area contributed by atoms with Crippen LogP contribution in [0.4, 0.5) is 0 Å². The average molecular weight is 345 g/mol. The third-order valence-corrected chi connectivity index (χ3v) is 5.24. The Labute approximate surface area is 154 Å². The molecule has 3 heteroatoms. The molecule has 1 heterocycles. The molecule has 1 unspecified atom stereocenters. The largest absolute Gasteiger partial charge is 0.450 e. The number of hydrogen-bond acceptors (Lipinski definition) is 3. The number of esters is 1. The Bertz CT molecular complexity index is 958. The first-order chi connectivity index (χ1) is 12.6. The van der Waals surface area contributed by atoms with Gasteiger partial charge in [0.15, 0.2) is 0 Å². The fourth-order valence-electron chi connectivity index (χ4n) is 3.90. The van der Waals surface area contributed by atoms with E-state index >= 15 is 0 Å². The smallest absolute Gasteiger partial charge is 0.339 e. The molecule has 3 nitrogen and oxygen atoms in total. The summed E-state index contributed by atoms with van der Waals surface area (Å²) in [6.07, 6.45) is 1.46. The van der Waals surface area contributed by atoms with Crippen molar-refractivity contribution in [2.24, 2.45) is 0 Å². The van der Waals surface area contributed by atoms with Crippen molar-refractivity contribution in [3.63, 3.8) is 0 Å². The highest BCUT2D eigenvalue weighted by Gasteiger charge is 2.42. The number of benzene rings is 3. The van der Waals surface area contributed by atoms with Gasteiger partial charge in [0.1, 0.15) is 5.60 Å². The van der Waals surface area contributed by atoms with Crippen LogP contribution in [-0.4, -0.2) is 31.5 Å². The fraction of sp³-hybridized carbons (Fsp3) is 0.261. The molecule has 3 aromatic rings. The van der Waals surface area contributed by atoms with Crippen molar-refractivity contribution in [1.82, 2.24) is 4.90 Å². The number of fused-ring (bicyclic) bond motifs is 2. The van der Waals surface area contributed by atoms with Crippen LogP contribution < -0.4 is 0 Å². The summed E-state index contributed by atoms with van der Waals surface area (Å²) >= 11 is 0. The van der Waals surface area contributed by atoms with Gasteiger partial charge in [-0.3, -0.25) is 0 Å². The lowest BCUT2D eigenvalue weighted by molar-refractivity contribution is -0.0347. The minimum atomic E-state index is -0.642. The van der Waals surface area contributed by atoms with Crippen molar-refractivity contribution in [3.05, 3.63) is 83.4 Å². The van der Waals surface area contributed by atoms with Gasteiger partial charge in [0.05, 0.1) is 5.56 Å². The second-order valence-corrected chi connectivity index (χ2v) is 7.30. The molecule has 0 saturated carbocycles. The molecule has 1 atom stereocenters. The van der Waals surface area contributed by atoms with Crippen LogP contribution in [0, 0.1) is 0 Å². The van der Waals surface area contributed by atoms with Crippen molar-refractivity contribution in [2.75, 3.05) is 20.6 Å². The van der Waals surface area contributed by atoms with E-state index in [2.05, 4.69) is 49.3 Å². The summed E-state index contributed by atoms with van der Waals surface area (Å²) in [5, 5.41) is 2.32. The van der Waals surface area contributed by atoms with E-state index in [-0.39, 0.29) is 5.97 Å². The van der Waals surface area contributed by atoms with Crippen molar-refractivity contribution < 1.29 is 9.53 Å². The van der Waals surface area contributed by atoms with Crippen LogP contribution in [0.15, 0.2) is 66.7 Å². The normalized spacial score (nSPS) is 19.4. The first kappa shape index (κ1) is 16.8. The lowest BCUT2D eigenvalue weighted by Gasteiger charge is -2.39. The van der Waals surface area contributed by atoms with E-state index in [0.717, 1.165) is 29.5 Å². The molecule has 0 aromatic heterocycles. The quantitative estimate of drug-likeness (QED) is 0.657. The van der Waals surface area contributed by atoms with Gasteiger partial charge in [0, 0.05) is 24.9 Å². The third-order valence-electron chi connectivity index (χ3n) is 5.24. The predicted octanol–water partition coefficient (Wildman–Crippen LogP) is 4.40. The highest BCUT2D eigenvalue weighted by atomic mass is 16.6. The number of carbonyl (C=O) groups excluding carboxylic acids is 1. The van der Waals surface area contributed by atoms with Crippen molar-refractivity contribution in [1.29, 1.82) is 0 Å². The number of nitrogens with zero attached hydrogens (tertiary/aromatic N) is 1. The zero-order chi connectivity index (χ0) is 18.1. The molecule has 0 saturated heterocycles. The molecule has 4 rings (SSSR count). The third kappa shape index (κ3) is 2.89. The number of carbonyl (C=O) groups is 1. The van der Waals surface area contributed by atoms with Crippen LogP contribution in [0.5, 0.6) is 0 Å². The van der Waals surface area contributed by atoms with Gasteiger partial charge in [0.2, 0.25) is 0 Å². The van der Waals surface area contributed by atoms with Gasteiger partial charge in [-0.25, -0.2) is 4.79 Å². The standard InChI is InChI=1S/C23H23NO2/c1-24(2)15-14-23(16-18-9-4-6-12-20(18)22(25)26-23)21-13-7-10-17-8-3-5-11-19(17)21/h3-13H,14-16H2,1-2H3. The van der Waals surface area contributed by atoms with E-state index in [1.165, 1.54) is 5.39 Å². The summed E-state index contributed by atoms with van der Waals surface area (Å²) < 4.78 is 6.18. The second kappa shape index (κ2) is 6.58. The Morgan fingerprint density at radius 2 is 1.69 bits per heavy atom. The molecule has 1 aliphatic heterocycles. The maximum atomic E-state index is 12.8. The Kier molecular flexibility index (Phi) is 4.25. The SMILES string of the molecule is CN(C)CCC1(c2cccc3ccccc23)Cc2ccccc2C(=O)O1. The van der Waals surface area contributed by atoms with Crippen LogP contribution in [-0.2, 0) is 16.8 Å². The highest BCUT2D eigenvalue weighted by molar-refractivity contribution is 5.94. The minimum absolute atomic E-state index is 0.224. The van der Waals surface area contributed by atoms with Gasteiger partial charge in [-0.1, -0.05) is 60.7 Å². The van der Waals surface area contributed by atoms with Crippen molar-refractivity contribution in [3.8, 4) is 0 Å².